The smallest absolute Gasteiger partial charge is 0.323 e. The number of anilines is 2. The Labute approximate surface area is 272 Å². The van der Waals surface area contributed by atoms with E-state index in [4.69, 9.17) is 4.98 Å². The summed E-state index contributed by atoms with van der Waals surface area (Å²) in [6.45, 7) is 2.46. The van der Waals surface area contributed by atoms with Gasteiger partial charge in [-0.1, -0.05) is 24.3 Å². The number of rotatable bonds is 5. The molecule has 6 aromatic rings. The number of aryl methyl sites for hydroxylation is 1. The molecule has 2 aliphatic rings. The number of nitrogens with zero attached hydrogens (tertiary/aromatic N) is 10. The second-order valence-electron chi connectivity index (χ2n) is 12.0. The van der Waals surface area contributed by atoms with Crippen molar-refractivity contribution in [2.45, 2.75) is 18.1 Å². The van der Waals surface area contributed by atoms with Gasteiger partial charge in [0.1, 0.15) is 11.5 Å². The number of imidazole rings is 1. The highest BCUT2D eigenvalue weighted by Gasteiger charge is 2.59. The van der Waals surface area contributed by atoms with E-state index in [1.807, 2.05) is 48.0 Å². The van der Waals surface area contributed by atoms with Crippen LogP contribution in [0.15, 0.2) is 79.0 Å². The first-order chi connectivity index (χ1) is 23.2. The zero-order valence-electron chi connectivity index (χ0n) is 25.6. The van der Waals surface area contributed by atoms with Crippen molar-refractivity contribution < 1.29 is 18.3 Å². The second-order valence-corrected chi connectivity index (χ2v) is 12.0. The fourth-order valence-electron chi connectivity index (χ4n) is 6.66. The molecule has 0 spiro atoms. The van der Waals surface area contributed by atoms with Crippen LogP contribution in [0.2, 0.25) is 0 Å². The topological polar surface area (TPSA) is 125 Å². The molecule has 1 N–H and O–H groups in total. The maximum absolute atomic E-state index is 16.1. The summed E-state index contributed by atoms with van der Waals surface area (Å²) < 4.78 is 49.4. The number of nitriles is 1. The molecule has 1 atom stereocenters. The number of hydrogen-bond donors (Lipinski definition) is 1. The molecule has 0 unspecified atom stereocenters. The van der Waals surface area contributed by atoms with Gasteiger partial charge in [-0.3, -0.25) is 4.98 Å². The minimum absolute atomic E-state index is 0.00754. The Hall–Kier alpha value is -5.81. The van der Waals surface area contributed by atoms with E-state index in [2.05, 4.69) is 36.4 Å². The maximum Gasteiger partial charge on any atom is 0.323 e. The third-order valence-electron chi connectivity index (χ3n) is 9.30. The highest BCUT2D eigenvalue weighted by atomic mass is 19.3. The number of alkyl halides is 2. The highest BCUT2D eigenvalue weighted by Crippen LogP contribution is 2.50. The molecule has 2 aliphatic heterocycles. The fraction of sp³-hybridized carbons (Fsp3) is 0.235. The largest absolute Gasteiger partial charge is 0.377 e. The SMILES string of the molecule is Cn1c(N2CCN(c3ccc(-c4ccc(C(F)(F)[C@]5(O)Cn6nnnc6-c6cc(F)ccc65)nc4)cc3)CC2)nc2ccc(C#N)cc21. The van der Waals surface area contributed by atoms with Gasteiger partial charge >= 0.3 is 5.92 Å². The predicted octanol–water partition coefficient (Wildman–Crippen LogP) is 4.62. The molecule has 0 bridgehead atoms. The molecule has 0 radical (unpaired) electrons. The van der Waals surface area contributed by atoms with Crippen molar-refractivity contribution in [1.82, 2.24) is 34.7 Å². The van der Waals surface area contributed by atoms with Gasteiger partial charge in [0.25, 0.3) is 0 Å². The van der Waals surface area contributed by atoms with Crippen LogP contribution in [0.1, 0.15) is 16.8 Å². The molecule has 11 nitrogen and oxygen atoms in total. The third-order valence-corrected chi connectivity index (χ3v) is 9.30. The molecule has 0 aliphatic carbocycles. The van der Waals surface area contributed by atoms with E-state index in [1.165, 1.54) is 12.3 Å². The maximum atomic E-state index is 16.1. The van der Waals surface area contributed by atoms with E-state index in [0.29, 0.717) is 11.1 Å². The average Bonchev–Trinajstić information content (AvgIpc) is 3.72. The van der Waals surface area contributed by atoms with Gasteiger partial charge in [-0.25, -0.2) is 14.1 Å². The van der Waals surface area contributed by atoms with Crippen LogP contribution in [0.25, 0.3) is 33.5 Å². The molecule has 1 fully saturated rings. The number of pyridine rings is 1. The molecule has 0 saturated carbocycles. The quantitative estimate of drug-likeness (QED) is 0.285. The molecular weight excluding hydrogens is 621 g/mol. The summed E-state index contributed by atoms with van der Waals surface area (Å²) in [4.78, 5) is 13.4. The standard InChI is InChI=1S/C34H27F3N10O/c1-44-29-16-21(18-38)2-10-28(29)40-32(44)46-14-12-45(13-15-46)25-7-3-22(4-8-25)23-5-11-30(39-19-23)34(36,37)33(48)20-47-31(41-42-43-47)26-17-24(35)6-9-27(26)33/h2-11,16-17,19,48H,12-15,20H2,1H3/t33-/m0/s1. The van der Waals surface area contributed by atoms with Crippen molar-refractivity contribution in [3.05, 3.63) is 102 Å². The Morgan fingerprint density at radius 1 is 0.917 bits per heavy atom. The summed E-state index contributed by atoms with van der Waals surface area (Å²) in [5, 5.41) is 31.8. The zero-order chi connectivity index (χ0) is 33.2. The van der Waals surface area contributed by atoms with Gasteiger partial charge in [-0.05, 0) is 64.5 Å². The number of fused-ring (bicyclic) bond motifs is 4. The summed E-state index contributed by atoms with van der Waals surface area (Å²) in [7, 11) is 1.96. The Morgan fingerprint density at radius 3 is 2.40 bits per heavy atom. The molecule has 1 saturated heterocycles. The van der Waals surface area contributed by atoms with Crippen molar-refractivity contribution in [1.29, 1.82) is 5.26 Å². The molecule has 8 rings (SSSR count). The van der Waals surface area contributed by atoms with Crippen molar-refractivity contribution in [3.63, 3.8) is 0 Å². The lowest BCUT2D eigenvalue weighted by molar-refractivity contribution is -0.207. The van der Waals surface area contributed by atoms with Gasteiger partial charge in [0.2, 0.25) is 5.95 Å². The first-order valence-electron chi connectivity index (χ1n) is 15.3. The number of aliphatic hydroxyl groups is 1. The summed E-state index contributed by atoms with van der Waals surface area (Å²) in [5.74, 6) is -3.57. The average molecular weight is 649 g/mol. The van der Waals surface area contributed by atoms with Crippen molar-refractivity contribution >= 4 is 22.7 Å². The van der Waals surface area contributed by atoms with Crippen molar-refractivity contribution in [2.24, 2.45) is 7.05 Å². The molecule has 3 aromatic heterocycles. The van der Waals surface area contributed by atoms with Crippen LogP contribution in [-0.2, 0) is 25.1 Å². The Morgan fingerprint density at radius 2 is 1.67 bits per heavy atom. The predicted molar refractivity (Wildman–Crippen MR) is 171 cm³/mol. The Kier molecular flexibility index (Phi) is 6.71. The van der Waals surface area contributed by atoms with E-state index in [-0.39, 0.29) is 17.0 Å². The normalized spacial score (nSPS) is 17.7. The van der Waals surface area contributed by atoms with Crippen LogP contribution in [-0.4, -0.2) is 66.0 Å². The Balaban J connectivity index is 0.974. The Bertz CT molecular complexity index is 2220. The number of halogens is 3. The molecule has 0 amide bonds. The fourth-order valence-corrected chi connectivity index (χ4v) is 6.66. The molecule has 240 valence electrons. The second kappa shape index (κ2) is 10.9. The number of hydrogen-bond acceptors (Lipinski definition) is 9. The summed E-state index contributed by atoms with van der Waals surface area (Å²) in [6, 6.07) is 21.5. The first-order valence-corrected chi connectivity index (χ1v) is 15.3. The summed E-state index contributed by atoms with van der Waals surface area (Å²) in [5.41, 5.74) is 1.24. The third kappa shape index (κ3) is 4.57. The van der Waals surface area contributed by atoms with Crippen LogP contribution >= 0.6 is 0 Å². The van der Waals surface area contributed by atoms with Crippen LogP contribution < -0.4 is 9.80 Å². The first kappa shape index (κ1) is 29.6. The number of piperazine rings is 1. The summed E-state index contributed by atoms with van der Waals surface area (Å²) in [6.07, 6.45) is 1.35. The number of tetrazole rings is 1. The van der Waals surface area contributed by atoms with Gasteiger partial charge < -0.3 is 19.5 Å². The lowest BCUT2D eigenvalue weighted by Crippen LogP contribution is -2.49. The minimum atomic E-state index is -3.87. The summed E-state index contributed by atoms with van der Waals surface area (Å²) >= 11 is 0. The van der Waals surface area contributed by atoms with Crippen LogP contribution in [0.3, 0.4) is 0 Å². The van der Waals surface area contributed by atoms with Crippen LogP contribution in [0.4, 0.5) is 24.8 Å². The van der Waals surface area contributed by atoms with E-state index < -0.39 is 29.6 Å². The van der Waals surface area contributed by atoms with Crippen molar-refractivity contribution in [2.75, 3.05) is 36.0 Å². The number of aromatic nitrogens is 7. The van der Waals surface area contributed by atoms with Crippen LogP contribution in [0.5, 0.6) is 0 Å². The van der Waals surface area contributed by atoms with Gasteiger partial charge in [-0.15, -0.1) is 5.10 Å². The van der Waals surface area contributed by atoms with Gasteiger partial charge in [-0.2, -0.15) is 14.0 Å². The molecule has 5 heterocycles. The molecule has 3 aromatic carbocycles. The number of benzene rings is 3. The van der Waals surface area contributed by atoms with Gasteiger partial charge in [0, 0.05) is 61.8 Å². The van der Waals surface area contributed by atoms with E-state index in [9.17, 15) is 14.8 Å². The van der Waals surface area contributed by atoms with Gasteiger partial charge in [0.15, 0.2) is 11.4 Å². The van der Waals surface area contributed by atoms with E-state index in [0.717, 1.165) is 77.3 Å². The monoisotopic (exact) mass is 648 g/mol. The lowest BCUT2D eigenvalue weighted by Gasteiger charge is -2.39. The van der Waals surface area contributed by atoms with Gasteiger partial charge in [0.05, 0.1) is 29.2 Å². The zero-order valence-corrected chi connectivity index (χ0v) is 25.6. The highest BCUT2D eigenvalue weighted by molar-refractivity contribution is 5.80. The minimum Gasteiger partial charge on any atom is -0.377 e. The molecular formula is C34H27F3N10O. The van der Waals surface area contributed by atoms with Crippen molar-refractivity contribution in [3.8, 4) is 28.6 Å². The van der Waals surface area contributed by atoms with E-state index >= 15 is 8.78 Å². The molecule has 14 heteroatoms. The molecule has 48 heavy (non-hydrogen) atoms. The lowest BCUT2D eigenvalue weighted by atomic mass is 9.80. The van der Waals surface area contributed by atoms with E-state index in [1.54, 1.807) is 12.1 Å². The van der Waals surface area contributed by atoms with Crippen LogP contribution in [0, 0.1) is 17.1 Å².